The first kappa shape index (κ1) is 18.0. The predicted octanol–water partition coefficient (Wildman–Crippen LogP) is 2.39. The van der Waals surface area contributed by atoms with Crippen LogP contribution in [0.2, 0.25) is 0 Å². The molecule has 1 aliphatic rings. The van der Waals surface area contributed by atoms with E-state index in [9.17, 15) is 9.90 Å². The Morgan fingerprint density at radius 1 is 1.30 bits per heavy atom. The second-order valence-corrected chi connectivity index (χ2v) is 6.93. The monoisotopic (exact) mass is 318 g/mol. The summed E-state index contributed by atoms with van der Waals surface area (Å²) in [6.07, 6.45) is 2.85. The van der Waals surface area contributed by atoms with Crippen molar-refractivity contribution in [1.82, 2.24) is 10.2 Å². The zero-order chi connectivity index (χ0) is 16.8. The van der Waals surface area contributed by atoms with Gasteiger partial charge in [0.15, 0.2) is 0 Å². The van der Waals surface area contributed by atoms with Crippen LogP contribution in [0, 0.1) is 5.92 Å². The standard InChI is InChI=1S/C19H30N2O2/c1-14(16-8-5-4-6-9-16)12-20-19(23)15(2)21(3)13-17-10-7-11-18(17)22/h4-6,8-9,14-15,17-18,22H,7,10-13H2,1-3H3,(H,20,23). The van der Waals surface area contributed by atoms with Crippen LogP contribution in [0.1, 0.15) is 44.6 Å². The Hall–Kier alpha value is -1.39. The number of nitrogens with zero attached hydrogens (tertiary/aromatic N) is 1. The van der Waals surface area contributed by atoms with Gasteiger partial charge in [0.1, 0.15) is 0 Å². The van der Waals surface area contributed by atoms with Gasteiger partial charge in [0.05, 0.1) is 12.1 Å². The lowest BCUT2D eigenvalue weighted by molar-refractivity contribution is -0.125. The van der Waals surface area contributed by atoms with Gasteiger partial charge in [-0.2, -0.15) is 0 Å². The van der Waals surface area contributed by atoms with Crippen molar-refractivity contribution < 1.29 is 9.90 Å². The highest BCUT2D eigenvalue weighted by Gasteiger charge is 2.28. The molecule has 2 rings (SSSR count). The molecular weight excluding hydrogens is 288 g/mol. The van der Waals surface area contributed by atoms with E-state index >= 15 is 0 Å². The van der Waals surface area contributed by atoms with Crippen molar-refractivity contribution >= 4 is 5.91 Å². The van der Waals surface area contributed by atoms with Gasteiger partial charge in [-0.25, -0.2) is 0 Å². The molecule has 4 atom stereocenters. The summed E-state index contributed by atoms with van der Waals surface area (Å²) < 4.78 is 0. The van der Waals surface area contributed by atoms with Gasteiger partial charge in [0.25, 0.3) is 0 Å². The largest absolute Gasteiger partial charge is 0.393 e. The zero-order valence-electron chi connectivity index (χ0n) is 14.5. The molecule has 4 nitrogen and oxygen atoms in total. The number of rotatable bonds is 7. The Morgan fingerprint density at radius 3 is 2.61 bits per heavy atom. The van der Waals surface area contributed by atoms with Crippen LogP contribution >= 0.6 is 0 Å². The summed E-state index contributed by atoms with van der Waals surface area (Å²) in [5.41, 5.74) is 1.24. The molecule has 1 aromatic carbocycles. The molecule has 0 spiro atoms. The van der Waals surface area contributed by atoms with Crippen molar-refractivity contribution in [2.45, 2.75) is 51.2 Å². The van der Waals surface area contributed by atoms with Gasteiger partial charge in [-0.1, -0.05) is 43.7 Å². The van der Waals surface area contributed by atoms with Crippen LogP contribution < -0.4 is 5.32 Å². The van der Waals surface area contributed by atoms with E-state index in [2.05, 4.69) is 29.3 Å². The number of hydrogen-bond acceptors (Lipinski definition) is 3. The lowest BCUT2D eigenvalue weighted by Crippen LogP contribution is -2.46. The number of aliphatic hydroxyl groups is 1. The fourth-order valence-corrected chi connectivity index (χ4v) is 3.26. The van der Waals surface area contributed by atoms with Gasteiger partial charge in [-0.15, -0.1) is 0 Å². The second-order valence-electron chi connectivity index (χ2n) is 6.93. The third-order valence-electron chi connectivity index (χ3n) is 5.13. The minimum Gasteiger partial charge on any atom is -0.393 e. The molecule has 2 N–H and O–H groups in total. The maximum absolute atomic E-state index is 12.4. The smallest absolute Gasteiger partial charge is 0.237 e. The lowest BCUT2D eigenvalue weighted by Gasteiger charge is -2.28. The predicted molar refractivity (Wildman–Crippen MR) is 93.3 cm³/mol. The maximum atomic E-state index is 12.4. The number of benzene rings is 1. The minimum absolute atomic E-state index is 0.0581. The third-order valence-corrected chi connectivity index (χ3v) is 5.13. The fourth-order valence-electron chi connectivity index (χ4n) is 3.26. The van der Waals surface area contributed by atoms with E-state index in [0.717, 1.165) is 25.8 Å². The molecule has 1 aromatic rings. The molecule has 0 saturated heterocycles. The van der Waals surface area contributed by atoms with Crippen molar-refractivity contribution in [3.05, 3.63) is 35.9 Å². The highest BCUT2D eigenvalue weighted by atomic mass is 16.3. The summed E-state index contributed by atoms with van der Waals surface area (Å²) >= 11 is 0. The lowest BCUT2D eigenvalue weighted by atomic mass is 10.0. The normalized spacial score (nSPS) is 23.7. The molecule has 4 heteroatoms. The number of hydrogen-bond donors (Lipinski definition) is 2. The fraction of sp³-hybridized carbons (Fsp3) is 0.632. The Bertz CT molecular complexity index is 491. The van der Waals surface area contributed by atoms with Crippen LogP contribution in [0.3, 0.4) is 0 Å². The molecule has 0 heterocycles. The molecule has 1 amide bonds. The van der Waals surface area contributed by atoms with Crippen molar-refractivity contribution in [1.29, 1.82) is 0 Å². The van der Waals surface area contributed by atoms with E-state index in [1.165, 1.54) is 5.56 Å². The van der Waals surface area contributed by atoms with Crippen LogP contribution in [0.15, 0.2) is 30.3 Å². The topological polar surface area (TPSA) is 52.6 Å². The highest BCUT2D eigenvalue weighted by molar-refractivity contribution is 5.81. The number of carbonyl (C=O) groups excluding carboxylic acids is 1. The summed E-state index contributed by atoms with van der Waals surface area (Å²) in [5, 5.41) is 13.0. The third kappa shape index (κ3) is 5.05. The van der Waals surface area contributed by atoms with E-state index in [-0.39, 0.29) is 18.1 Å². The molecule has 0 radical (unpaired) electrons. The second kappa shape index (κ2) is 8.46. The molecule has 1 aliphatic carbocycles. The number of amides is 1. The van der Waals surface area contributed by atoms with Crippen LogP contribution in [-0.4, -0.2) is 48.2 Å². The molecule has 0 aliphatic heterocycles. The molecule has 23 heavy (non-hydrogen) atoms. The van der Waals surface area contributed by atoms with Gasteiger partial charge in [0, 0.05) is 13.1 Å². The molecule has 0 aromatic heterocycles. The Balaban J connectivity index is 1.77. The van der Waals surface area contributed by atoms with E-state index in [1.807, 2.05) is 32.2 Å². The van der Waals surface area contributed by atoms with Gasteiger partial charge in [-0.05, 0) is 44.2 Å². The molecule has 0 bridgehead atoms. The van der Waals surface area contributed by atoms with Crippen LogP contribution in [-0.2, 0) is 4.79 Å². The Morgan fingerprint density at radius 2 is 2.00 bits per heavy atom. The molecular formula is C19H30N2O2. The first-order valence-corrected chi connectivity index (χ1v) is 8.70. The summed E-state index contributed by atoms with van der Waals surface area (Å²) in [5.74, 6) is 0.663. The van der Waals surface area contributed by atoms with E-state index in [1.54, 1.807) is 0 Å². The number of likely N-dealkylation sites (N-methyl/N-ethyl adjacent to an activating group) is 1. The van der Waals surface area contributed by atoms with E-state index in [0.29, 0.717) is 18.4 Å². The Labute approximate surface area is 139 Å². The SMILES string of the molecule is CC(CNC(=O)C(C)N(C)CC1CCCC1O)c1ccccc1. The van der Waals surface area contributed by atoms with Gasteiger partial charge >= 0.3 is 0 Å². The highest BCUT2D eigenvalue weighted by Crippen LogP contribution is 2.26. The minimum atomic E-state index is -0.203. The number of aliphatic hydroxyl groups excluding tert-OH is 1. The molecule has 1 fully saturated rings. The van der Waals surface area contributed by atoms with Crippen molar-refractivity contribution in [3.63, 3.8) is 0 Å². The van der Waals surface area contributed by atoms with E-state index in [4.69, 9.17) is 0 Å². The van der Waals surface area contributed by atoms with Gasteiger partial charge in [0.2, 0.25) is 5.91 Å². The van der Waals surface area contributed by atoms with Crippen molar-refractivity contribution in [2.24, 2.45) is 5.92 Å². The first-order chi connectivity index (χ1) is 11.0. The summed E-state index contributed by atoms with van der Waals surface area (Å²) in [7, 11) is 1.97. The van der Waals surface area contributed by atoms with Gasteiger partial charge < -0.3 is 10.4 Å². The van der Waals surface area contributed by atoms with Crippen LogP contribution in [0.4, 0.5) is 0 Å². The summed E-state index contributed by atoms with van der Waals surface area (Å²) in [6.45, 7) is 5.49. The summed E-state index contributed by atoms with van der Waals surface area (Å²) in [6, 6.07) is 10.1. The zero-order valence-corrected chi connectivity index (χ0v) is 14.5. The van der Waals surface area contributed by atoms with Crippen molar-refractivity contribution in [2.75, 3.05) is 20.1 Å². The first-order valence-electron chi connectivity index (χ1n) is 8.70. The summed E-state index contributed by atoms with van der Waals surface area (Å²) in [4.78, 5) is 14.4. The van der Waals surface area contributed by atoms with Crippen LogP contribution in [0.5, 0.6) is 0 Å². The average Bonchev–Trinajstić information content (AvgIpc) is 2.97. The average molecular weight is 318 g/mol. The van der Waals surface area contributed by atoms with Crippen LogP contribution in [0.25, 0.3) is 0 Å². The molecule has 1 saturated carbocycles. The molecule has 128 valence electrons. The maximum Gasteiger partial charge on any atom is 0.237 e. The van der Waals surface area contributed by atoms with Crippen molar-refractivity contribution in [3.8, 4) is 0 Å². The Kier molecular flexibility index (Phi) is 6.60. The quantitative estimate of drug-likeness (QED) is 0.811. The number of nitrogens with one attached hydrogen (secondary N) is 1. The molecule has 4 unspecified atom stereocenters. The van der Waals surface area contributed by atoms with E-state index < -0.39 is 0 Å². The van der Waals surface area contributed by atoms with Gasteiger partial charge in [-0.3, -0.25) is 9.69 Å². The number of carbonyl (C=O) groups is 1.